The average molecular weight is 224 g/mol. The number of aromatic nitrogens is 2. The minimum atomic E-state index is -0.186. The lowest BCUT2D eigenvalue weighted by molar-refractivity contribution is 0.372. The normalized spacial score (nSPS) is 20.1. The lowest BCUT2D eigenvalue weighted by atomic mass is 9.95. The van der Waals surface area contributed by atoms with Gasteiger partial charge in [0.15, 0.2) is 0 Å². The molecule has 0 bridgehead atoms. The Morgan fingerprint density at radius 3 is 2.62 bits per heavy atom. The average Bonchev–Trinajstić information content (AvgIpc) is 2.78. The molecular weight excluding hydrogens is 204 g/mol. The van der Waals surface area contributed by atoms with Crippen LogP contribution in [0, 0.1) is 5.92 Å². The Kier molecular flexibility index (Phi) is 3.43. The smallest absolute Gasteiger partial charge is 0.318 e. The monoisotopic (exact) mass is 224 g/mol. The second-order valence-corrected chi connectivity index (χ2v) is 4.55. The Bertz CT molecular complexity index is 328. The van der Waals surface area contributed by atoms with Gasteiger partial charge in [-0.1, -0.05) is 18.4 Å². The van der Waals surface area contributed by atoms with E-state index in [4.69, 9.17) is 10.2 Å². The first kappa shape index (κ1) is 11.4. The minimum absolute atomic E-state index is 0.186. The van der Waals surface area contributed by atoms with Crippen molar-refractivity contribution >= 4 is 6.01 Å². The first-order chi connectivity index (χ1) is 7.70. The molecule has 5 nitrogen and oxygen atoms in total. The first-order valence-corrected chi connectivity index (χ1v) is 6.04. The summed E-state index contributed by atoms with van der Waals surface area (Å²) in [5, 5.41) is 7.99. The molecular formula is C11H20N4O. The number of piperidine rings is 1. The summed E-state index contributed by atoms with van der Waals surface area (Å²) in [4.78, 5) is 2.16. The number of anilines is 1. The molecule has 1 fully saturated rings. The van der Waals surface area contributed by atoms with Gasteiger partial charge in [-0.2, -0.15) is 0 Å². The van der Waals surface area contributed by atoms with Crippen LogP contribution in [-0.4, -0.2) is 23.3 Å². The molecule has 1 unspecified atom stereocenters. The fourth-order valence-electron chi connectivity index (χ4n) is 2.07. The maximum Gasteiger partial charge on any atom is 0.318 e. The van der Waals surface area contributed by atoms with Gasteiger partial charge >= 0.3 is 6.01 Å². The van der Waals surface area contributed by atoms with E-state index >= 15 is 0 Å². The van der Waals surface area contributed by atoms with Gasteiger partial charge in [-0.25, -0.2) is 0 Å². The summed E-state index contributed by atoms with van der Waals surface area (Å²) in [5.41, 5.74) is 5.69. The van der Waals surface area contributed by atoms with Crippen molar-refractivity contribution < 1.29 is 4.42 Å². The topological polar surface area (TPSA) is 68.2 Å². The van der Waals surface area contributed by atoms with Crippen LogP contribution < -0.4 is 10.6 Å². The van der Waals surface area contributed by atoms with Crippen molar-refractivity contribution in [3.8, 4) is 0 Å². The Balaban J connectivity index is 1.97. The molecule has 90 valence electrons. The molecule has 5 heteroatoms. The van der Waals surface area contributed by atoms with Crippen molar-refractivity contribution in [2.45, 2.75) is 39.2 Å². The molecule has 1 aliphatic heterocycles. The lowest BCUT2D eigenvalue weighted by Gasteiger charge is -2.29. The van der Waals surface area contributed by atoms with Crippen LogP contribution in [0.15, 0.2) is 4.42 Å². The summed E-state index contributed by atoms with van der Waals surface area (Å²) >= 11 is 0. The molecule has 0 amide bonds. The van der Waals surface area contributed by atoms with E-state index < -0.39 is 0 Å². The van der Waals surface area contributed by atoms with Crippen LogP contribution in [0.2, 0.25) is 0 Å². The zero-order chi connectivity index (χ0) is 11.5. The van der Waals surface area contributed by atoms with E-state index in [0.717, 1.165) is 19.0 Å². The van der Waals surface area contributed by atoms with Gasteiger partial charge in [0.2, 0.25) is 5.89 Å². The third-order valence-electron chi connectivity index (χ3n) is 3.28. The summed E-state index contributed by atoms with van der Waals surface area (Å²) in [6.07, 6.45) is 3.70. The highest BCUT2D eigenvalue weighted by Crippen LogP contribution is 2.24. The molecule has 0 aliphatic carbocycles. The highest BCUT2D eigenvalue weighted by molar-refractivity contribution is 5.24. The Hall–Kier alpha value is -1.10. The number of hydrogen-bond donors (Lipinski definition) is 1. The molecule has 0 spiro atoms. The van der Waals surface area contributed by atoms with E-state index in [0.29, 0.717) is 11.9 Å². The van der Waals surface area contributed by atoms with E-state index in [1.165, 1.54) is 19.3 Å². The van der Waals surface area contributed by atoms with Crippen molar-refractivity contribution in [1.29, 1.82) is 0 Å². The molecule has 2 heterocycles. The molecule has 0 aromatic carbocycles. The summed E-state index contributed by atoms with van der Waals surface area (Å²) in [6, 6.07) is 0.441. The van der Waals surface area contributed by atoms with E-state index in [1.54, 1.807) is 0 Å². The van der Waals surface area contributed by atoms with Gasteiger partial charge in [0.05, 0.1) is 6.04 Å². The molecule has 0 radical (unpaired) electrons. The second kappa shape index (κ2) is 4.82. The van der Waals surface area contributed by atoms with Crippen LogP contribution in [-0.2, 0) is 0 Å². The van der Waals surface area contributed by atoms with Gasteiger partial charge in [-0.15, -0.1) is 5.10 Å². The zero-order valence-electron chi connectivity index (χ0n) is 10.0. The quantitative estimate of drug-likeness (QED) is 0.846. The Labute approximate surface area is 96.0 Å². The number of nitrogens with zero attached hydrogens (tertiary/aromatic N) is 3. The highest BCUT2D eigenvalue weighted by atomic mass is 16.4. The summed E-state index contributed by atoms with van der Waals surface area (Å²) in [7, 11) is 0. The molecule has 1 aliphatic rings. The molecule has 16 heavy (non-hydrogen) atoms. The van der Waals surface area contributed by atoms with Gasteiger partial charge < -0.3 is 15.1 Å². The van der Waals surface area contributed by atoms with E-state index in [9.17, 15) is 0 Å². The second-order valence-electron chi connectivity index (χ2n) is 4.55. The van der Waals surface area contributed by atoms with Gasteiger partial charge in [0.1, 0.15) is 0 Å². The standard InChI is InChI=1S/C11H20N4O/c1-3-9-4-6-15(7-5-9)11-14-13-10(16-11)8(2)12/h8-9H,3-7,12H2,1-2H3. The van der Waals surface area contributed by atoms with Crippen LogP contribution in [0.1, 0.15) is 45.0 Å². The molecule has 1 saturated heterocycles. The third-order valence-corrected chi connectivity index (χ3v) is 3.28. The van der Waals surface area contributed by atoms with Crippen LogP contribution >= 0.6 is 0 Å². The molecule has 1 atom stereocenters. The largest absolute Gasteiger partial charge is 0.406 e. The van der Waals surface area contributed by atoms with Crippen LogP contribution in [0.25, 0.3) is 0 Å². The van der Waals surface area contributed by atoms with Crippen molar-refractivity contribution in [2.75, 3.05) is 18.0 Å². The lowest BCUT2D eigenvalue weighted by Crippen LogP contribution is -2.33. The Morgan fingerprint density at radius 2 is 2.12 bits per heavy atom. The Morgan fingerprint density at radius 1 is 1.44 bits per heavy atom. The summed E-state index contributed by atoms with van der Waals surface area (Å²) < 4.78 is 5.53. The van der Waals surface area contributed by atoms with Crippen LogP contribution in [0.3, 0.4) is 0 Å². The fraction of sp³-hybridized carbons (Fsp3) is 0.818. The molecule has 0 saturated carbocycles. The molecule has 1 aromatic rings. The van der Waals surface area contributed by atoms with Crippen molar-refractivity contribution in [3.63, 3.8) is 0 Å². The third kappa shape index (κ3) is 2.35. The van der Waals surface area contributed by atoms with Crippen molar-refractivity contribution in [2.24, 2.45) is 11.7 Å². The van der Waals surface area contributed by atoms with Gasteiger partial charge in [-0.05, 0) is 25.7 Å². The maximum absolute atomic E-state index is 5.69. The first-order valence-electron chi connectivity index (χ1n) is 6.04. The van der Waals surface area contributed by atoms with Crippen molar-refractivity contribution in [1.82, 2.24) is 10.2 Å². The zero-order valence-corrected chi connectivity index (χ0v) is 10.0. The van der Waals surface area contributed by atoms with E-state index in [1.807, 2.05) is 6.92 Å². The SMILES string of the molecule is CCC1CCN(c2nnc(C(C)N)o2)CC1. The van der Waals surface area contributed by atoms with Crippen LogP contribution in [0.4, 0.5) is 6.01 Å². The summed E-state index contributed by atoms with van der Waals surface area (Å²) in [5.74, 6) is 1.37. The number of rotatable bonds is 3. The predicted molar refractivity (Wildman–Crippen MR) is 62.1 cm³/mol. The summed E-state index contributed by atoms with van der Waals surface area (Å²) in [6.45, 7) is 6.13. The van der Waals surface area contributed by atoms with Gasteiger partial charge in [0, 0.05) is 13.1 Å². The van der Waals surface area contributed by atoms with Crippen molar-refractivity contribution in [3.05, 3.63) is 5.89 Å². The van der Waals surface area contributed by atoms with Gasteiger partial charge in [-0.3, -0.25) is 0 Å². The van der Waals surface area contributed by atoms with E-state index in [-0.39, 0.29) is 6.04 Å². The number of hydrogen-bond acceptors (Lipinski definition) is 5. The molecule has 1 aromatic heterocycles. The van der Waals surface area contributed by atoms with E-state index in [2.05, 4.69) is 22.0 Å². The molecule has 2 N–H and O–H groups in total. The maximum atomic E-state index is 5.69. The predicted octanol–water partition coefficient (Wildman–Crippen LogP) is 1.72. The van der Waals surface area contributed by atoms with Gasteiger partial charge in [0.25, 0.3) is 0 Å². The molecule has 2 rings (SSSR count). The number of nitrogens with two attached hydrogens (primary N) is 1. The minimum Gasteiger partial charge on any atom is -0.406 e. The van der Waals surface area contributed by atoms with Crippen LogP contribution in [0.5, 0.6) is 0 Å². The fourth-order valence-corrected chi connectivity index (χ4v) is 2.07. The highest BCUT2D eigenvalue weighted by Gasteiger charge is 2.22.